The number of hydrogen-bond donors (Lipinski definition) is 1. The molecular weight excluding hydrogens is 398 g/mol. The van der Waals surface area contributed by atoms with Gasteiger partial charge in [0.25, 0.3) is 5.89 Å². The van der Waals surface area contributed by atoms with Crippen molar-refractivity contribution in [2.24, 2.45) is 0 Å². The normalized spacial score (nSPS) is 11.1. The second kappa shape index (κ2) is 8.31. The number of ether oxygens (including phenoxy) is 2. The van der Waals surface area contributed by atoms with Gasteiger partial charge in [-0.1, -0.05) is 17.2 Å². The molecule has 0 unspecified atom stereocenters. The molecule has 1 aromatic heterocycles. The Balaban J connectivity index is 1.71. The summed E-state index contributed by atoms with van der Waals surface area (Å²) in [7, 11) is -0.236. The van der Waals surface area contributed by atoms with Crippen LogP contribution in [0.5, 0.6) is 11.5 Å². The molecule has 0 saturated heterocycles. The fourth-order valence-electron chi connectivity index (χ4n) is 2.57. The van der Waals surface area contributed by atoms with Crippen molar-refractivity contribution >= 4 is 21.8 Å². The summed E-state index contributed by atoms with van der Waals surface area (Å²) in [6.07, 6.45) is 1.14. The predicted molar refractivity (Wildman–Crippen MR) is 105 cm³/mol. The van der Waals surface area contributed by atoms with Crippen molar-refractivity contribution in [2.75, 3.05) is 25.8 Å². The molecule has 9 nitrogen and oxygen atoms in total. The van der Waals surface area contributed by atoms with Crippen molar-refractivity contribution in [3.8, 4) is 23.0 Å². The fraction of sp³-hybridized carbons (Fsp3) is 0.211. The summed E-state index contributed by atoms with van der Waals surface area (Å²) in [4.78, 5) is 12.4. The van der Waals surface area contributed by atoms with Gasteiger partial charge in [0.1, 0.15) is 11.5 Å². The lowest BCUT2D eigenvalue weighted by Gasteiger charge is -2.07. The number of nitrogens with zero attached hydrogens (tertiary/aromatic N) is 2. The molecular formula is C19H19N3O6S. The van der Waals surface area contributed by atoms with Crippen LogP contribution in [0.2, 0.25) is 0 Å². The molecule has 3 rings (SSSR count). The highest BCUT2D eigenvalue weighted by molar-refractivity contribution is 7.90. The maximum absolute atomic E-state index is 12.2. The minimum Gasteiger partial charge on any atom is -0.497 e. The smallest absolute Gasteiger partial charge is 0.322 e. The Bertz CT molecular complexity index is 1120. The Morgan fingerprint density at radius 3 is 2.41 bits per heavy atom. The first-order chi connectivity index (χ1) is 13.8. The zero-order valence-corrected chi connectivity index (χ0v) is 16.8. The van der Waals surface area contributed by atoms with E-state index >= 15 is 0 Å². The average Bonchev–Trinajstić information content (AvgIpc) is 3.15. The topological polar surface area (TPSA) is 121 Å². The molecule has 0 atom stereocenters. The summed E-state index contributed by atoms with van der Waals surface area (Å²) in [6, 6.07) is 11.1. The summed E-state index contributed by atoms with van der Waals surface area (Å²) in [5.74, 6) is 0.874. The number of amides is 1. The van der Waals surface area contributed by atoms with E-state index in [9.17, 15) is 13.2 Å². The Labute approximate surface area is 167 Å². The van der Waals surface area contributed by atoms with Crippen molar-refractivity contribution in [1.82, 2.24) is 10.2 Å². The van der Waals surface area contributed by atoms with E-state index < -0.39 is 9.84 Å². The quantitative estimate of drug-likeness (QED) is 0.622. The van der Waals surface area contributed by atoms with Gasteiger partial charge in [-0.3, -0.25) is 10.1 Å². The van der Waals surface area contributed by atoms with E-state index in [1.807, 2.05) is 0 Å². The standard InChI is InChI=1S/C19H19N3O6S/c1-26-13-6-9-16(27-2)15(11-13)18-21-22-19(28-18)20-17(23)10-12-4-7-14(8-5-12)29(3,24)25/h4-9,11H,10H2,1-3H3,(H,20,22,23). The monoisotopic (exact) mass is 417 g/mol. The SMILES string of the molecule is COc1ccc(OC)c(-c2nnc(NC(=O)Cc3ccc(S(C)(=O)=O)cc3)o2)c1. The van der Waals surface area contributed by atoms with Crippen LogP contribution in [0.25, 0.3) is 11.5 Å². The van der Waals surface area contributed by atoms with Gasteiger partial charge in [-0.25, -0.2) is 8.42 Å². The molecule has 0 radical (unpaired) electrons. The third-order valence-corrected chi connectivity index (χ3v) is 5.15. The first kappa shape index (κ1) is 20.3. The van der Waals surface area contributed by atoms with Crippen LogP contribution in [0.4, 0.5) is 6.01 Å². The molecule has 0 saturated carbocycles. The van der Waals surface area contributed by atoms with Crippen molar-refractivity contribution in [3.05, 3.63) is 48.0 Å². The predicted octanol–water partition coefficient (Wildman–Crippen LogP) is 2.34. The molecule has 0 spiro atoms. The van der Waals surface area contributed by atoms with E-state index in [0.29, 0.717) is 22.6 Å². The van der Waals surface area contributed by atoms with Gasteiger partial charge in [-0.15, -0.1) is 5.10 Å². The molecule has 2 aromatic carbocycles. The van der Waals surface area contributed by atoms with E-state index in [1.54, 1.807) is 30.3 Å². The lowest BCUT2D eigenvalue weighted by Crippen LogP contribution is -2.14. The van der Waals surface area contributed by atoms with Gasteiger partial charge in [-0.2, -0.15) is 0 Å². The third kappa shape index (κ3) is 4.91. The highest BCUT2D eigenvalue weighted by Gasteiger charge is 2.16. The Morgan fingerprint density at radius 2 is 1.79 bits per heavy atom. The average molecular weight is 417 g/mol. The second-order valence-corrected chi connectivity index (χ2v) is 8.14. The molecule has 3 aromatic rings. The highest BCUT2D eigenvalue weighted by Crippen LogP contribution is 2.33. The van der Waals surface area contributed by atoms with E-state index in [-0.39, 0.29) is 29.1 Å². The third-order valence-electron chi connectivity index (χ3n) is 4.02. The molecule has 1 amide bonds. The van der Waals surface area contributed by atoms with Gasteiger partial charge in [-0.05, 0) is 35.9 Å². The molecule has 0 bridgehead atoms. The number of nitrogens with one attached hydrogen (secondary N) is 1. The Kier molecular flexibility index (Phi) is 5.83. The van der Waals surface area contributed by atoms with Crippen LogP contribution >= 0.6 is 0 Å². The van der Waals surface area contributed by atoms with Gasteiger partial charge in [0.2, 0.25) is 5.91 Å². The number of aromatic nitrogens is 2. The molecule has 1 heterocycles. The van der Waals surface area contributed by atoms with Crippen LogP contribution in [0.3, 0.4) is 0 Å². The van der Waals surface area contributed by atoms with E-state index in [0.717, 1.165) is 6.26 Å². The number of carbonyl (C=O) groups excluding carboxylic acids is 1. The number of carbonyl (C=O) groups is 1. The van der Waals surface area contributed by atoms with Crippen molar-refractivity contribution < 1.29 is 27.1 Å². The Morgan fingerprint density at radius 1 is 1.07 bits per heavy atom. The first-order valence-corrected chi connectivity index (χ1v) is 10.3. The molecule has 0 aliphatic carbocycles. The summed E-state index contributed by atoms with van der Waals surface area (Å²) in [6.45, 7) is 0. The lowest BCUT2D eigenvalue weighted by atomic mass is 10.1. The van der Waals surface area contributed by atoms with Crippen LogP contribution in [0.1, 0.15) is 5.56 Å². The maximum Gasteiger partial charge on any atom is 0.322 e. The summed E-state index contributed by atoms with van der Waals surface area (Å²) < 4.78 is 39.0. The maximum atomic E-state index is 12.2. The zero-order chi connectivity index (χ0) is 21.0. The van der Waals surface area contributed by atoms with E-state index in [2.05, 4.69) is 15.5 Å². The molecule has 0 aliphatic heterocycles. The summed E-state index contributed by atoms with van der Waals surface area (Å²) in [5, 5.41) is 10.3. The highest BCUT2D eigenvalue weighted by atomic mass is 32.2. The minimum atomic E-state index is -3.28. The summed E-state index contributed by atoms with van der Waals surface area (Å²) in [5.41, 5.74) is 1.17. The second-order valence-electron chi connectivity index (χ2n) is 6.12. The van der Waals surface area contributed by atoms with E-state index in [4.69, 9.17) is 13.9 Å². The van der Waals surface area contributed by atoms with Crippen molar-refractivity contribution in [2.45, 2.75) is 11.3 Å². The van der Waals surface area contributed by atoms with Gasteiger partial charge < -0.3 is 13.9 Å². The van der Waals surface area contributed by atoms with Crippen LogP contribution < -0.4 is 14.8 Å². The zero-order valence-electron chi connectivity index (χ0n) is 16.0. The van der Waals surface area contributed by atoms with Crippen LogP contribution in [0, 0.1) is 0 Å². The van der Waals surface area contributed by atoms with Crippen LogP contribution in [-0.4, -0.2) is 45.0 Å². The summed E-state index contributed by atoms with van der Waals surface area (Å²) >= 11 is 0. The van der Waals surface area contributed by atoms with Gasteiger partial charge in [0.05, 0.1) is 31.1 Å². The lowest BCUT2D eigenvalue weighted by molar-refractivity contribution is -0.115. The Hall–Kier alpha value is -3.40. The van der Waals surface area contributed by atoms with Gasteiger partial charge in [0.15, 0.2) is 9.84 Å². The number of benzene rings is 2. The minimum absolute atomic E-state index is 0.0181. The van der Waals surface area contributed by atoms with Gasteiger partial charge >= 0.3 is 6.01 Å². The number of anilines is 1. The number of hydrogen-bond acceptors (Lipinski definition) is 8. The first-order valence-electron chi connectivity index (χ1n) is 8.45. The molecule has 152 valence electrons. The number of rotatable bonds is 7. The van der Waals surface area contributed by atoms with Crippen LogP contribution in [0.15, 0.2) is 51.8 Å². The molecule has 10 heteroatoms. The molecule has 1 N–H and O–H groups in total. The van der Waals surface area contributed by atoms with Crippen molar-refractivity contribution in [1.29, 1.82) is 0 Å². The van der Waals surface area contributed by atoms with E-state index in [1.165, 1.54) is 26.4 Å². The number of methoxy groups -OCH3 is 2. The molecule has 29 heavy (non-hydrogen) atoms. The fourth-order valence-corrected chi connectivity index (χ4v) is 3.20. The number of sulfone groups is 1. The molecule has 0 fully saturated rings. The molecule has 0 aliphatic rings. The van der Waals surface area contributed by atoms with Gasteiger partial charge in [0, 0.05) is 6.26 Å². The van der Waals surface area contributed by atoms with Crippen LogP contribution in [-0.2, 0) is 21.1 Å². The van der Waals surface area contributed by atoms with Crippen molar-refractivity contribution in [3.63, 3.8) is 0 Å². The largest absolute Gasteiger partial charge is 0.497 e.